The Morgan fingerprint density at radius 2 is 2.05 bits per heavy atom. The van der Waals surface area contributed by atoms with E-state index in [-0.39, 0.29) is 17.8 Å². The minimum Gasteiger partial charge on any atom is -0.466 e. The highest BCUT2D eigenvalue weighted by atomic mass is 16.5. The maximum absolute atomic E-state index is 12.6. The maximum Gasteiger partial charge on any atom is 0.310 e. The predicted molar refractivity (Wildman–Crippen MR) is 81.2 cm³/mol. The van der Waals surface area contributed by atoms with Gasteiger partial charge < -0.3 is 9.64 Å². The molecular weight excluding hydrogens is 266 g/mol. The van der Waals surface area contributed by atoms with Gasteiger partial charge in [-0.05, 0) is 56.9 Å². The van der Waals surface area contributed by atoms with Gasteiger partial charge >= 0.3 is 5.97 Å². The van der Waals surface area contributed by atoms with Crippen LogP contribution in [0.5, 0.6) is 0 Å². The Balaban J connectivity index is 2.08. The summed E-state index contributed by atoms with van der Waals surface area (Å²) in [6, 6.07) is 5.75. The van der Waals surface area contributed by atoms with Crippen molar-refractivity contribution < 1.29 is 14.3 Å². The van der Waals surface area contributed by atoms with Crippen LogP contribution in [0.25, 0.3) is 0 Å². The Hall–Kier alpha value is -1.84. The lowest BCUT2D eigenvalue weighted by molar-refractivity contribution is -0.149. The minimum absolute atomic E-state index is 0.00657. The van der Waals surface area contributed by atoms with Crippen molar-refractivity contribution in [2.75, 3.05) is 19.7 Å². The number of carbonyl (C=O) groups excluding carboxylic acids is 2. The van der Waals surface area contributed by atoms with Crippen molar-refractivity contribution in [2.45, 2.75) is 33.6 Å². The van der Waals surface area contributed by atoms with Crippen molar-refractivity contribution in [3.63, 3.8) is 0 Å². The van der Waals surface area contributed by atoms with Crippen molar-refractivity contribution in [2.24, 2.45) is 5.92 Å². The van der Waals surface area contributed by atoms with Gasteiger partial charge in [-0.2, -0.15) is 0 Å². The van der Waals surface area contributed by atoms with Crippen LogP contribution in [0.3, 0.4) is 0 Å². The first kappa shape index (κ1) is 15.5. The molecule has 1 aliphatic heterocycles. The molecule has 1 heterocycles. The van der Waals surface area contributed by atoms with Crippen LogP contribution in [0.4, 0.5) is 0 Å². The number of aryl methyl sites for hydroxylation is 2. The van der Waals surface area contributed by atoms with E-state index in [0.717, 1.165) is 18.4 Å². The van der Waals surface area contributed by atoms with Crippen LogP contribution in [0.2, 0.25) is 0 Å². The number of hydrogen-bond acceptors (Lipinski definition) is 3. The molecule has 21 heavy (non-hydrogen) atoms. The lowest BCUT2D eigenvalue weighted by Gasteiger charge is -2.31. The molecule has 1 aromatic carbocycles. The molecule has 0 spiro atoms. The Morgan fingerprint density at radius 1 is 1.29 bits per heavy atom. The highest BCUT2D eigenvalue weighted by Crippen LogP contribution is 2.20. The molecule has 0 radical (unpaired) electrons. The molecule has 1 unspecified atom stereocenters. The fourth-order valence-corrected chi connectivity index (χ4v) is 2.67. The molecule has 0 aliphatic carbocycles. The van der Waals surface area contributed by atoms with Crippen LogP contribution in [-0.4, -0.2) is 36.5 Å². The third-order valence-corrected chi connectivity index (χ3v) is 4.08. The van der Waals surface area contributed by atoms with Gasteiger partial charge in [-0.25, -0.2) is 0 Å². The average molecular weight is 289 g/mol. The minimum atomic E-state index is -0.186. The Labute approximate surface area is 126 Å². The molecule has 114 valence electrons. The number of ether oxygens (including phenoxy) is 1. The fourth-order valence-electron chi connectivity index (χ4n) is 2.67. The zero-order valence-corrected chi connectivity index (χ0v) is 13.0. The zero-order valence-electron chi connectivity index (χ0n) is 13.0. The number of piperidine rings is 1. The smallest absolute Gasteiger partial charge is 0.310 e. The third-order valence-electron chi connectivity index (χ3n) is 4.08. The standard InChI is InChI=1S/C17H23NO3/c1-4-21-17(20)15-6-5-9-18(11-15)16(19)14-8-7-12(2)13(3)10-14/h7-8,10,15H,4-6,9,11H2,1-3H3. The normalized spacial score (nSPS) is 18.4. The largest absolute Gasteiger partial charge is 0.466 e. The molecule has 0 bridgehead atoms. The van der Waals surface area contributed by atoms with Gasteiger partial charge in [0.1, 0.15) is 0 Å². The van der Waals surface area contributed by atoms with Crippen molar-refractivity contribution >= 4 is 11.9 Å². The highest BCUT2D eigenvalue weighted by Gasteiger charge is 2.29. The second-order valence-corrected chi connectivity index (χ2v) is 5.64. The summed E-state index contributed by atoms with van der Waals surface area (Å²) in [7, 11) is 0. The van der Waals surface area contributed by atoms with Gasteiger partial charge in [0, 0.05) is 18.7 Å². The maximum atomic E-state index is 12.6. The highest BCUT2D eigenvalue weighted by molar-refractivity contribution is 5.94. The van der Waals surface area contributed by atoms with Crippen molar-refractivity contribution in [1.82, 2.24) is 4.90 Å². The van der Waals surface area contributed by atoms with E-state index in [2.05, 4.69) is 0 Å². The molecule has 2 rings (SSSR count). The lowest BCUT2D eigenvalue weighted by Crippen LogP contribution is -2.42. The molecule has 1 fully saturated rings. The molecule has 1 aliphatic rings. The van der Waals surface area contributed by atoms with Crippen LogP contribution < -0.4 is 0 Å². The molecule has 0 aromatic heterocycles. The number of likely N-dealkylation sites (tertiary alicyclic amines) is 1. The number of nitrogens with zero attached hydrogens (tertiary/aromatic N) is 1. The van der Waals surface area contributed by atoms with E-state index in [0.29, 0.717) is 25.3 Å². The first-order valence-electron chi connectivity index (χ1n) is 7.56. The van der Waals surface area contributed by atoms with E-state index in [9.17, 15) is 9.59 Å². The fraction of sp³-hybridized carbons (Fsp3) is 0.529. The first-order chi connectivity index (χ1) is 10.0. The summed E-state index contributed by atoms with van der Waals surface area (Å²) in [6.45, 7) is 7.40. The summed E-state index contributed by atoms with van der Waals surface area (Å²) in [4.78, 5) is 26.2. The number of benzene rings is 1. The Kier molecular flexibility index (Phi) is 4.99. The van der Waals surface area contributed by atoms with Gasteiger partial charge in [-0.3, -0.25) is 9.59 Å². The predicted octanol–water partition coefficient (Wildman–Crippen LogP) is 2.72. The summed E-state index contributed by atoms with van der Waals surface area (Å²) in [5.74, 6) is -0.364. The first-order valence-corrected chi connectivity index (χ1v) is 7.56. The molecule has 4 nitrogen and oxygen atoms in total. The number of amides is 1. The third kappa shape index (κ3) is 3.63. The molecule has 1 saturated heterocycles. The number of hydrogen-bond donors (Lipinski definition) is 0. The van der Waals surface area contributed by atoms with Crippen LogP contribution in [0, 0.1) is 19.8 Å². The van der Waals surface area contributed by atoms with Gasteiger partial charge in [0.05, 0.1) is 12.5 Å². The van der Waals surface area contributed by atoms with Gasteiger partial charge in [0.25, 0.3) is 5.91 Å². The number of carbonyl (C=O) groups is 2. The topological polar surface area (TPSA) is 46.6 Å². The van der Waals surface area contributed by atoms with Gasteiger partial charge in [-0.1, -0.05) is 6.07 Å². The number of esters is 1. The number of rotatable bonds is 3. The molecule has 4 heteroatoms. The summed E-state index contributed by atoms with van der Waals surface area (Å²) < 4.78 is 5.07. The monoisotopic (exact) mass is 289 g/mol. The Bertz CT molecular complexity index is 539. The summed E-state index contributed by atoms with van der Waals surface area (Å²) in [5.41, 5.74) is 2.98. The van der Waals surface area contributed by atoms with E-state index in [1.165, 1.54) is 5.56 Å². The molecule has 1 amide bonds. The summed E-state index contributed by atoms with van der Waals surface area (Å²) >= 11 is 0. The molecule has 1 atom stereocenters. The van der Waals surface area contributed by atoms with Crippen molar-refractivity contribution in [3.8, 4) is 0 Å². The zero-order chi connectivity index (χ0) is 15.4. The van der Waals surface area contributed by atoms with Gasteiger partial charge in [0.2, 0.25) is 0 Å². The second kappa shape index (κ2) is 6.74. The second-order valence-electron chi connectivity index (χ2n) is 5.64. The van der Waals surface area contributed by atoms with E-state index in [4.69, 9.17) is 4.74 Å². The van der Waals surface area contributed by atoms with E-state index < -0.39 is 0 Å². The van der Waals surface area contributed by atoms with Crippen LogP contribution >= 0.6 is 0 Å². The summed E-state index contributed by atoms with van der Waals surface area (Å²) in [6.07, 6.45) is 1.65. The van der Waals surface area contributed by atoms with Gasteiger partial charge in [-0.15, -0.1) is 0 Å². The van der Waals surface area contributed by atoms with E-state index >= 15 is 0 Å². The van der Waals surface area contributed by atoms with Crippen molar-refractivity contribution in [3.05, 3.63) is 34.9 Å². The molecule has 0 saturated carbocycles. The van der Waals surface area contributed by atoms with Crippen LogP contribution in [0.1, 0.15) is 41.3 Å². The van der Waals surface area contributed by atoms with E-state index in [1.807, 2.05) is 32.0 Å². The molecule has 1 aromatic rings. The Morgan fingerprint density at radius 3 is 2.71 bits per heavy atom. The van der Waals surface area contributed by atoms with Gasteiger partial charge in [0.15, 0.2) is 0 Å². The van der Waals surface area contributed by atoms with Crippen molar-refractivity contribution in [1.29, 1.82) is 0 Å². The quantitative estimate of drug-likeness (QED) is 0.804. The van der Waals surface area contributed by atoms with Crippen LogP contribution in [-0.2, 0) is 9.53 Å². The van der Waals surface area contributed by atoms with E-state index in [1.54, 1.807) is 11.8 Å². The lowest BCUT2D eigenvalue weighted by atomic mass is 9.97. The average Bonchev–Trinajstić information content (AvgIpc) is 2.49. The summed E-state index contributed by atoms with van der Waals surface area (Å²) in [5, 5.41) is 0. The molecular formula is C17H23NO3. The SMILES string of the molecule is CCOC(=O)C1CCCN(C(=O)c2ccc(C)c(C)c2)C1. The van der Waals surface area contributed by atoms with Crippen LogP contribution in [0.15, 0.2) is 18.2 Å². The molecule has 0 N–H and O–H groups in total.